The second kappa shape index (κ2) is 5.62. The van der Waals surface area contributed by atoms with Crippen LogP contribution in [0, 0.1) is 5.82 Å². The first kappa shape index (κ1) is 13.2. The average molecular weight is 376 g/mol. The van der Waals surface area contributed by atoms with Crippen molar-refractivity contribution in [3.05, 3.63) is 39.3 Å². The van der Waals surface area contributed by atoms with Gasteiger partial charge in [0, 0.05) is 11.5 Å². The van der Waals surface area contributed by atoms with Crippen LogP contribution in [-0.2, 0) is 0 Å². The number of nitrogens with zero attached hydrogens (tertiary/aromatic N) is 2. The highest BCUT2D eigenvalue weighted by molar-refractivity contribution is 9.11. The summed E-state index contributed by atoms with van der Waals surface area (Å²) in [5, 5.41) is 6.03. The molecular weight excluding hydrogens is 367 g/mol. The molecule has 1 aromatic carbocycles. The maximum Gasteiger partial charge on any atom is 0.150 e. The highest BCUT2D eigenvalue weighted by atomic mass is 79.9. The first-order valence-electron chi connectivity index (χ1n) is 5.02. The van der Waals surface area contributed by atoms with Crippen LogP contribution in [0.5, 0.6) is 0 Å². The Labute approximate surface area is 120 Å². The second-order valence-electron chi connectivity index (χ2n) is 3.38. The third-order valence-electron chi connectivity index (χ3n) is 2.21. The smallest absolute Gasteiger partial charge is 0.150 e. The first-order chi connectivity index (χ1) is 8.61. The van der Waals surface area contributed by atoms with Crippen molar-refractivity contribution >= 4 is 49.2 Å². The monoisotopic (exact) mass is 374 g/mol. The van der Waals surface area contributed by atoms with Crippen LogP contribution in [-0.4, -0.2) is 17.0 Å². The quantitative estimate of drug-likeness (QED) is 0.853. The highest BCUT2D eigenvalue weighted by Crippen LogP contribution is 2.31. The van der Waals surface area contributed by atoms with Crippen molar-refractivity contribution in [3.63, 3.8) is 0 Å². The predicted octanol–water partition coefficient (Wildman–Crippen LogP) is 3.93. The zero-order valence-corrected chi connectivity index (χ0v) is 12.5. The fourth-order valence-electron chi connectivity index (χ4n) is 1.35. The topological polar surface area (TPSA) is 49.8 Å². The molecule has 1 heterocycles. The van der Waals surface area contributed by atoms with Gasteiger partial charge in [-0.2, -0.15) is 0 Å². The molecule has 0 saturated heterocycles. The average Bonchev–Trinajstić information content (AvgIpc) is 2.35. The molecule has 2 rings (SSSR count). The minimum atomic E-state index is -0.301. The first-order valence-corrected chi connectivity index (χ1v) is 6.60. The number of anilines is 3. The van der Waals surface area contributed by atoms with Gasteiger partial charge >= 0.3 is 0 Å². The molecular formula is C11H9Br2FN4. The molecule has 0 saturated carbocycles. The molecule has 2 aromatic rings. The van der Waals surface area contributed by atoms with Crippen molar-refractivity contribution in [1.29, 1.82) is 0 Å². The van der Waals surface area contributed by atoms with Gasteiger partial charge in [-0.25, -0.2) is 14.4 Å². The van der Waals surface area contributed by atoms with Crippen molar-refractivity contribution in [3.8, 4) is 0 Å². The van der Waals surface area contributed by atoms with Gasteiger partial charge in [-0.3, -0.25) is 0 Å². The summed E-state index contributed by atoms with van der Waals surface area (Å²) in [5.41, 5.74) is 0.720. The Morgan fingerprint density at radius 2 is 1.89 bits per heavy atom. The summed E-state index contributed by atoms with van der Waals surface area (Å²) in [7, 11) is 1.77. The third-order valence-corrected chi connectivity index (χ3v) is 3.62. The molecule has 0 aliphatic carbocycles. The molecule has 0 aliphatic rings. The lowest BCUT2D eigenvalue weighted by molar-refractivity contribution is 0.627. The van der Waals surface area contributed by atoms with E-state index in [0.717, 1.165) is 5.69 Å². The molecule has 94 valence electrons. The standard InChI is InChI=1S/C11H9Br2FN4/c1-15-10-9(13)11(17-5-16-10)18-8-3-2-6(14)4-7(8)12/h2-5H,1H3,(H2,15,16,17,18). The number of nitrogens with one attached hydrogen (secondary N) is 2. The van der Waals surface area contributed by atoms with Gasteiger partial charge in [-0.15, -0.1) is 0 Å². The lowest BCUT2D eigenvalue weighted by atomic mass is 10.3. The Kier molecular flexibility index (Phi) is 4.13. The van der Waals surface area contributed by atoms with Gasteiger partial charge in [-0.05, 0) is 50.1 Å². The Hall–Kier alpha value is -1.21. The summed E-state index contributed by atoms with van der Waals surface area (Å²) >= 11 is 6.69. The van der Waals surface area contributed by atoms with Crippen LogP contribution in [0.15, 0.2) is 33.5 Å². The van der Waals surface area contributed by atoms with Gasteiger partial charge in [-0.1, -0.05) is 0 Å². The summed E-state index contributed by atoms with van der Waals surface area (Å²) in [6, 6.07) is 4.39. The van der Waals surface area contributed by atoms with Gasteiger partial charge in [0.1, 0.15) is 28.3 Å². The van der Waals surface area contributed by atoms with Crippen LogP contribution in [0.25, 0.3) is 0 Å². The van der Waals surface area contributed by atoms with Crippen LogP contribution in [0.1, 0.15) is 0 Å². The molecule has 1 aromatic heterocycles. The largest absolute Gasteiger partial charge is 0.372 e. The van der Waals surface area contributed by atoms with E-state index in [1.54, 1.807) is 13.1 Å². The number of halogens is 3. The van der Waals surface area contributed by atoms with Crippen LogP contribution in [0.2, 0.25) is 0 Å². The molecule has 4 nitrogen and oxygen atoms in total. The summed E-state index contributed by atoms with van der Waals surface area (Å²) in [6.45, 7) is 0. The summed E-state index contributed by atoms with van der Waals surface area (Å²) < 4.78 is 14.3. The lowest BCUT2D eigenvalue weighted by Crippen LogP contribution is -2.01. The SMILES string of the molecule is CNc1ncnc(Nc2ccc(F)cc2Br)c1Br. The van der Waals surface area contributed by atoms with Crippen molar-refractivity contribution in [2.24, 2.45) is 0 Å². The van der Waals surface area contributed by atoms with E-state index in [1.165, 1.54) is 18.5 Å². The summed E-state index contributed by atoms with van der Waals surface area (Å²) in [4.78, 5) is 8.18. The minimum absolute atomic E-state index is 0.301. The molecule has 0 bridgehead atoms. The fourth-order valence-corrected chi connectivity index (χ4v) is 2.30. The minimum Gasteiger partial charge on any atom is -0.372 e. The number of hydrogen-bond acceptors (Lipinski definition) is 4. The van der Waals surface area contributed by atoms with Gasteiger partial charge in [0.2, 0.25) is 0 Å². The molecule has 0 atom stereocenters. The summed E-state index contributed by atoms with van der Waals surface area (Å²) in [5.74, 6) is 0.970. The number of hydrogen-bond donors (Lipinski definition) is 2. The zero-order chi connectivity index (χ0) is 13.1. The van der Waals surface area contributed by atoms with Gasteiger partial charge in [0.25, 0.3) is 0 Å². The maximum atomic E-state index is 13.0. The summed E-state index contributed by atoms with van der Waals surface area (Å²) in [6.07, 6.45) is 1.44. The van der Waals surface area contributed by atoms with E-state index in [-0.39, 0.29) is 5.82 Å². The number of aromatic nitrogens is 2. The molecule has 0 aliphatic heterocycles. The van der Waals surface area contributed by atoms with Crippen LogP contribution in [0.3, 0.4) is 0 Å². The van der Waals surface area contributed by atoms with Crippen LogP contribution in [0.4, 0.5) is 21.7 Å². The molecule has 18 heavy (non-hydrogen) atoms. The maximum absolute atomic E-state index is 13.0. The second-order valence-corrected chi connectivity index (χ2v) is 5.03. The van der Waals surface area contributed by atoms with E-state index in [4.69, 9.17) is 0 Å². The van der Waals surface area contributed by atoms with Crippen molar-refractivity contribution in [2.45, 2.75) is 0 Å². The molecule has 0 radical (unpaired) electrons. The zero-order valence-electron chi connectivity index (χ0n) is 9.34. The van der Waals surface area contributed by atoms with Gasteiger partial charge in [0.15, 0.2) is 0 Å². The Balaban J connectivity index is 2.34. The van der Waals surface area contributed by atoms with E-state index in [0.29, 0.717) is 20.6 Å². The van der Waals surface area contributed by atoms with E-state index in [1.807, 2.05) is 0 Å². The van der Waals surface area contributed by atoms with Crippen LogP contribution >= 0.6 is 31.9 Å². The van der Waals surface area contributed by atoms with Crippen LogP contribution < -0.4 is 10.6 Å². The Morgan fingerprint density at radius 3 is 2.56 bits per heavy atom. The molecule has 2 N–H and O–H groups in total. The molecule has 7 heteroatoms. The van der Waals surface area contributed by atoms with Crippen molar-refractivity contribution in [1.82, 2.24) is 9.97 Å². The molecule has 0 spiro atoms. The van der Waals surface area contributed by atoms with E-state index in [2.05, 4.69) is 52.5 Å². The molecule has 0 unspecified atom stereocenters. The Morgan fingerprint density at radius 1 is 1.17 bits per heavy atom. The third kappa shape index (κ3) is 2.78. The predicted molar refractivity (Wildman–Crippen MR) is 76.7 cm³/mol. The number of rotatable bonds is 3. The van der Waals surface area contributed by atoms with E-state index < -0.39 is 0 Å². The lowest BCUT2D eigenvalue weighted by Gasteiger charge is -2.11. The number of benzene rings is 1. The normalized spacial score (nSPS) is 10.2. The van der Waals surface area contributed by atoms with Gasteiger partial charge < -0.3 is 10.6 Å². The molecule has 0 amide bonds. The van der Waals surface area contributed by atoms with E-state index in [9.17, 15) is 4.39 Å². The van der Waals surface area contributed by atoms with Crippen molar-refractivity contribution < 1.29 is 4.39 Å². The Bertz CT molecular complexity index is 577. The highest BCUT2D eigenvalue weighted by Gasteiger charge is 2.09. The fraction of sp³-hybridized carbons (Fsp3) is 0.0909. The van der Waals surface area contributed by atoms with E-state index >= 15 is 0 Å². The van der Waals surface area contributed by atoms with Crippen molar-refractivity contribution in [2.75, 3.05) is 17.7 Å². The van der Waals surface area contributed by atoms with Gasteiger partial charge in [0.05, 0.1) is 5.69 Å². The molecule has 0 fully saturated rings.